The molecule has 4 aromatic rings. The van der Waals surface area contributed by atoms with Gasteiger partial charge in [0.25, 0.3) is 0 Å². The van der Waals surface area contributed by atoms with Gasteiger partial charge in [-0.15, -0.1) is 10.2 Å². The fourth-order valence-corrected chi connectivity index (χ4v) is 5.84. The molecule has 6 rings (SSSR count). The van der Waals surface area contributed by atoms with Crippen LogP contribution in [-0.4, -0.2) is 60.9 Å². The zero-order valence-electron chi connectivity index (χ0n) is 21.9. The molecule has 0 bridgehead atoms. The van der Waals surface area contributed by atoms with Gasteiger partial charge in [0.1, 0.15) is 0 Å². The van der Waals surface area contributed by atoms with Gasteiger partial charge in [0.2, 0.25) is 12.7 Å². The fraction of sp³-hybridized carbons (Fsp3) is 0.250. The molecular formula is C28H23F3N4O6S. The number of alkyl halides is 3. The average molecular weight is 601 g/mol. The fourth-order valence-electron chi connectivity index (χ4n) is 4.64. The topological polar surface area (TPSA) is 115 Å². The summed E-state index contributed by atoms with van der Waals surface area (Å²) in [6.45, 7) is 0.426. The van der Waals surface area contributed by atoms with Crippen LogP contribution in [0.2, 0.25) is 0 Å². The molecule has 218 valence electrons. The van der Waals surface area contributed by atoms with E-state index in [-0.39, 0.29) is 55.4 Å². The standard InChI is InChI=1S/C28H23F3N4O6S/c29-28(30,31)26-33-32-25(41-26)20-3-1-18(2-4-20)16-35(27(36)34-11-13-42(37,38)14-12-34)22-8-5-19(6-9-22)21-7-10-23-24(15-21)40-17-39-23/h1-10,15H,11-14,16-17H2. The summed E-state index contributed by atoms with van der Waals surface area (Å²) in [4.78, 5) is 16.7. The Bertz CT molecular complexity index is 1710. The molecule has 0 aliphatic carbocycles. The van der Waals surface area contributed by atoms with E-state index in [1.807, 2.05) is 30.3 Å². The Labute approximate surface area is 238 Å². The maximum absolute atomic E-state index is 13.7. The molecule has 0 spiro atoms. The van der Waals surface area contributed by atoms with E-state index < -0.39 is 21.9 Å². The molecule has 14 heteroatoms. The van der Waals surface area contributed by atoms with Gasteiger partial charge in [-0.2, -0.15) is 13.2 Å². The second-order valence-electron chi connectivity index (χ2n) is 9.73. The first-order valence-corrected chi connectivity index (χ1v) is 14.6. The van der Waals surface area contributed by atoms with E-state index in [2.05, 4.69) is 10.2 Å². The molecule has 3 heterocycles. The molecule has 2 aliphatic rings. The summed E-state index contributed by atoms with van der Waals surface area (Å²) >= 11 is 0. The Hall–Kier alpha value is -4.59. The van der Waals surface area contributed by atoms with E-state index in [9.17, 15) is 26.4 Å². The van der Waals surface area contributed by atoms with Crippen LogP contribution in [0.4, 0.5) is 23.7 Å². The summed E-state index contributed by atoms with van der Waals surface area (Å²) in [5.41, 5.74) is 3.32. The summed E-state index contributed by atoms with van der Waals surface area (Å²) in [7, 11) is -3.20. The second kappa shape index (κ2) is 10.7. The summed E-state index contributed by atoms with van der Waals surface area (Å²) in [6, 6.07) is 18.9. The van der Waals surface area contributed by atoms with E-state index in [0.29, 0.717) is 22.7 Å². The Morgan fingerprint density at radius 2 is 1.50 bits per heavy atom. The van der Waals surface area contributed by atoms with Gasteiger partial charge < -0.3 is 18.8 Å². The molecule has 42 heavy (non-hydrogen) atoms. The van der Waals surface area contributed by atoms with Crippen molar-refractivity contribution >= 4 is 21.6 Å². The number of benzene rings is 3. The molecule has 0 saturated carbocycles. The molecule has 0 radical (unpaired) electrons. The van der Waals surface area contributed by atoms with Crippen LogP contribution >= 0.6 is 0 Å². The maximum Gasteiger partial charge on any atom is 0.470 e. The molecule has 1 saturated heterocycles. The normalized spacial score (nSPS) is 15.9. The third kappa shape index (κ3) is 5.75. The Balaban J connectivity index is 1.25. The first-order chi connectivity index (χ1) is 20.1. The van der Waals surface area contributed by atoms with Gasteiger partial charge in [0.05, 0.1) is 18.1 Å². The van der Waals surface area contributed by atoms with Crippen molar-refractivity contribution in [2.45, 2.75) is 12.7 Å². The predicted molar refractivity (Wildman–Crippen MR) is 145 cm³/mol. The molecule has 0 atom stereocenters. The van der Waals surface area contributed by atoms with Gasteiger partial charge in [-0.25, -0.2) is 13.2 Å². The molecule has 1 fully saturated rings. The minimum Gasteiger partial charge on any atom is -0.454 e. The minimum atomic E-state index is -4.75. The van der Waals surface area contributed by atoms with Crippen LogP contribution in [0.5, 0.6) is 11.5 Å². The SMILES string of the molecule is O=C(N1CCS(=O)(=O)CC1)N(Cc1ccc(-c2nnc(C(F)(F)F)o2)cc1)c1ccc(-c2ccc3c(c2)OCO3)cc1. The molecular weight excluding hydrogens is 577 g/mol. The average Bonchev–Trinajstić information content (AvgIpc) is 3.66. The summed E-state index contributed by atoms with van der Waals surface area (Å²) in [5.74, 6) is -0.641. The minimum absolute atomic E-state index is 0.0740. The largest absolute Gasteiger partial charge is 0.470 e. The van der Waals surface area contributed by atoms with Crippen molar-refractivity contribution in [3.63, 3.8) is 0 Å². The number of fused-ring (bicyclic) bond motifs is 1. The highest BCUT2D eigenvalue weighted by molar-refractivity contribution is 7.91. The number of aromatic nitrogens is 2. The highest BCUT2D eigenvalue weighted by Gasteiger charge is 2.38. The van der Waals surface area contributed by atoms with Crippen molar-refractivity contribution < 1.29 is 40.3 Å². The lowest BCUT2D eigenvalue weighted by atomic mass is 10.0. The van der Waals surface area contributed by atoms with E-state index in [1.54, 1.807) is 24.3 Å². The highest BCUT2D eigenvalue weighted by atomic mass is 32.2. The first kappa shape index (κ1) is 27.6. The number of nitrogens with zero attached hydrogens (tertiary/aromatic N) is 4. The molecule has 0 unspecified atom stereocenters. The van der Waals surface area contributed by atoms with Crippen molar-refractivity contribution in [1.82, 2.24) is 15.1 Å². The van der Waals surface area contributed by atoms with E-state index >= 15 is 0 Å². The lowest BCUT2D eigenvalue weighted by Crippen LogP contribution is -2.49. The van der Waals surface area contributed by atoms with Crippen LogP contribution in [0.1, 0.15) is 11.5 Å². The van der Waals surface area contributed by atoms with Crippen LogP contribution in [0.3, 0.4) is 0 Å². The Morgan fingerprint density at radius 3 is 2.17 bits per heavy atom. The Kier molecular flexibility index (Phi) is 7.01. The van der Waals surface area contributed by atoms with Crippen molar-refractivity contribution in [1.29, 1.82) is 0 Å². The maximum atomic E-state index is 13.7. The number of hydrogen-bond acceptors (Lipinski definition) is 8. The number of halogens is 3. The summed E-state index contributed by atoms with van der Waals surface area (Å²) < 4.78 is 78.0. The van der Waals surface area contributed by atoms with Crippen molar-refractivity contribution in [3.05, 3.63) is 78.2 Å². The van der Waals surface area contributed by atoms with Crippen LogP contribution in [0.15, 0.2) is 71.1 Å². The molecule has 2 amide bonds. The van der Waals surface area contributed by atoms with Crippen molar-refractivity contribution in [2.24, 2.45) is 0 Å². The third-order valence-electron chi connectivity index (χ3n) is 6.94. The monoisotopic (exact) mass is 600 g/mol. The van der Waals surface area contributed by atoms with E-state index in [4.69, 9.17) is 13.9 Å². The van der Waals surface area contributed by atoms with E-state index in [1.165, 1.54) is 21.9 Å². The molecule has 10 nitrogen and oxygen atoms in total. The lowest BCUT2D eigenvalue weighted by molar-refractivity contribution is -0.156. The van der Waals surface area contributed by atoms with E-state index in [0.717, 1.165) is 11.1 Å². The predicted octanol–water partition coefficient (Wildman–Crippen LogP) is 5.01. The smallest absolute Gasteiger partial charge is 0.454 e. The molecule has 0 N–H and O–H groups in total. The van der Waals surface area contributed by atoms with Crippen LogP contribution in [0.25, 0.3) is 22.6 Å². The number of carbonyl (C=O) groups is 1. The molecule has 3 aromatic carbocycles. The quantitative estimate of drug-likeness (QED) is 0.314. The zero-order chi connectivity index (χ0) is 29.5. The lowest BCUT2D eigenvalue weighted by Gasteiger charge is -2.33. The van der Waals surface area contributed by atoms with Gasteiger partial charge >= 0.3 is 18.1 Å². The number of ether oxygens (including phenoxy) is 2. The summed E-state index contributed by atoms with van der Waals surface area (Å²) in [5, 5.41) is 6.52. The van der Waals surface area contributed by atoms with Crippen molar-refractivity contribution in [3.8, 4) is 34.1 Å². The van der Waals surface area contributed by atoms with Crippen LogP contribution < -0.4 is 14.4 Å². The molecule has 2 aliphatic heterocycles. The van der Waals surface area contributed by atoms with Gasteiger partial charge in [-0.05, 0) is 53.1 Å². The highest BCUT2D eigenvalue weighted by Crippen LogP contribution is 2.36. The van der Waals surface area contributed by atoms with Gasteiger partial charge in [0, 0.05) is 24.3 Å². The third-order valence-corrected chi connectivity index (χ3v) is 8.55. The van der Waals surface area contributed by atoms with Crippen LogP contribution in [-0.2, 0) is 22.6 Å². The van der Waals surface area contributed by atoms with Crippen molar-refractivity contribution in [2.75, 3.05) is 36.3 Å². The van der Waals surface area contributed by atoms with Gasteiger partial charge in [-0.3, -0.25) is 4.90 Å². The first-order valence-electron chi connectivity index (χ1n) is 12.8. The molecule has 1 aromatic heterocycles. The number of rotatable bonds is 5. The van der Waals surface area contributed by atoms with Gasteiger partial charge in [-0.1, -0.05) is 30.3 Å². The van der Waals surface area contributed by atoms with Crippen LogP contribution in [0, 0.1) is 0 Å². The summed E-state index contributed by atoms with van der Waals surface area (Å²) in [6.07, 6.45) is -4.75. The second-order valence-corrected chi connectivity index (χ2v) is 12.0. The number of amides is 2. The number of hydrogen-bond donors (Lipinski definition) is 0. The van der Waals surface area contributed by atoms with Gasteiger partial charge in [0.15, 0.2) is 21.3 Å². The number of carbonyl (C=O) groups excluding carboxylic acids is 1. The number of sulfone groups is 1. The zero-order valence-corrected chi connectivity index (χ0v) is 22.7. The number of anilines is 1. The Morgan fingerprint density at radius 1 is 0.857 bits per heavy atom. The number of urea groups is 1.